The van der Waals surface area contributed by atoms with Crippen molar-refractivity contribution in [1.29, 1.82) is 0 Å². The summed E-state index contributed by atoms with van der Waals surface area (Å²) in [6.45, 7) is 3.74. The van der Waals surface area contributed by atoms with Crippen molar-refractivity contribution in [2.24, 2.45) is 0 Å². The Bertz CT molecular complexity index is 471. The van der Waals surface area contributed by atoms with E-state index < -0.39 is 0 Å². The molecule has 1 amide bonds. The van der Waals surface area contributed by atoms with E-state index in [4.69, 9.17) is 5.11 Å². The number of aliphatic hydroxyl groups is 1. The van der Waals surface area contributed by atoms with E-state index in [0.29, 0.717) is 13.1 Å². The molecule has 0 radical (unpaired) electrons. The van der Waals surface area contributed by atoms with Crippen LogP contribution in [-0.4, -0.2) is 42.7 Å². The van der Waals surface area contributed by atoms with Crippen LogP contribution in [0.3, 0.4) is 0 Å². The second kappa shape index (κ2) is 9.13. The molecule has 0 unspecified atom stereocenters. The highest BCUT2D eigenvalue weighted by Gasteiger charge is 2.06. The number of hydrogen-bond acceptors (Lipinski definition) is 3. The minimum atomic E-state index is -0.128. The lowest BCUT2D eigenvalue weighted by molar-refractivity contribution is -0.122. The fourth-order valence-electron chi connectivity index (χ4n) is 1.77. The molecule has 108 valence electrons. The number of hydrogen-bond donors (Lipinski definition) is 2. The summed E-state index contributed by atoms with van der Waals surface area (Å²) in [6, 6.07) is 7.82. The number of carbonyl (C=O) groups excluding carboxylic acids is 1. The van der Waals surface area contributed by atoms with Gasteiger partial charge in [-0.2, -0.15) is 0 Å². The molecule has 0 aliphatic carbocycles. The van der Waals surface area contributed by atoms with Gasteiger partial charge in [0.1, 0.15) is 6.61 Å². The lowest BCUT2D eigenvalue weighted by Crippen LogP contribution is -2.35. The Morgan fingerprint density at radius 1 is 1.35 bits per heavy atom. The molecule has 0 aromatic heterocycles. The van der Waals surface area contributed by atoms with Crippen molar-refractivity contribution in [1.82, 2.24) is 10.2 Å². The third-order valence-electron chi connectivity index (χ3n) is 2.70. The van der Waals surface area contributed by atoms with Crippen LogP contribution in [0.4, 0.5) is 0 Å². The summed E-state index contributed by atoms with van der Waals surface area (Å²) in [7, 11) is 1.92. The third kappa shape index (κ3) is 6.37. The number of rotatable bonds is 6. The molecule has 0 aliphatic heterocycles. The number of amides is 1. The van der Waals surface area contributed by atoms with E-state index in [1.807, 2.05) is 43.1 Å². The van der Waals surface area contributed by atoms with Crippen LogP contribution in [0, 0.1) is 11.8 Å². The van der Waals surface area contributed by atoms with Crippen LogP contribution in [0.15, 0.2) is 24.3 Å². The lowest BCUT2D eigenvalue weighted by Gasteiger charge is -2.16. The maximum atomic E-state index is 11.6. The summed E-state index contributed by atoms with van der Waals surface area (Å²) < 4.78 is 0. The standard InChI is InChI=1S/C16H22N2O2/c1-3-10-17-16(20)13-18(2)12-15-8-6-14(7-9-15)5-4-11-19/h6-9,19H,3,10-13H2,1-2H3,(H,17,20). The first kappa shape index (κ1) is 16.2. The normalized spacial score (nSPS) is 10.0. The second-order valence-corrected chi connectivity index (χ2v) is 4.68. The van der Waals surface area contributed by atoms with Gasteiger partial charge in [-0.25, -0.2) is 0 Å². The van der Waals surface area contributed by atoms with Gasteiger partial charge in [0.15, 0.2) is 0 Å². The first-order chi connectivity index (χ1) is 9.65. The second-order valence-electron chi connectivity index (χ2n) is 4.68. The van der Waals surface area contributed by atoms with Crippen LogP contribution in [0.5, 0.6) is 0 Å². The Morgan fingerprint density at radius 2 is 2.05 bits per heavy atom. The number of nitrogens with zero attached hydrogens (tertiary/aromatic N) is 1. The van der Waals surface area contributed by atoms with E-state index in [0.717, 1.165) is 24.1 Å². The summed E-state index contributed by atoms with van der Waals surface area (Å²) >= 11 is 0. The zero-order chi connectivity index (χ0) is 14.8. The fourth-order valence-corrected chi connectivity index (χ4v) is 1.77. The summed E-state index contributed by atoms with van der Waals surface area (Å²) in [5, 5.41) is 11.5. The molecular formula is C16H22N2O2. The Morgan fingerprint density at radius 3 is 2.65 bits per heavy atom. The molecule has 0 aliphatic rings. The number of carbonyl (C=O) groups is 1. The zero-order valence-corrected chi connectivity index (χ0v) is 12.1. The third-order valence-corrected chi connectivity index (χ3v) is 2.70. The molecule has 1 rings (SSSR count). The van der Waals surface area contributed by atoms with Gasteiger partial charge in [-0.3, -0.25) is 9.69 Å². The van der Waals surface area contributed by atoms with Crippen LogP contribution in [0.1, 0.15) is 24.5 Å². The predicted molar refractivity (Wildman–Crippen MR) is 80.0 cm³/mol. The Labute approximate surface area is 120 Å². The number of benzene rings is 1. The Hall–Kier alpha value is -1.83. The molecule has 20 heavy (non-hydrogen) atoms. The van der Waals surface area contributed by atoms with E-state index in [1.165, 1.54) is 0 Å². The molecule has 4 nitrogen and oxygen atoms in total. The van der Waals surface area contributed by atoms with Crippen molar-refractivity contribution in [3.05, 3.63) is 35.4 Å². The number of nitrogens with one attached hydrogen (secondary N) is 1. The van der Waals surface area contributed by atoms with Crippen LogP contribution < -0.4 is 5.32 Å². The summed E-state index contributed by atoms with van der Waals surface area (Å²) in [4.78, 5) is 13.6. The Kier molecular flexibility index (Phi) is 7.41. The van der Waals surface area contributed by atoms with E-state index >= 15 is 0 Å². The minimum absolute atomic E-state index is 0.0554. The molecule has 0 saturated carbocycles. The molecule has 1 aromatic rings. The number of aliphatic hydroxyl groups excluding tert-OH is 1. The summed E-state index contributed by atoms with van der Waals surface area (Å²) in [6.07, 6.45) is 0.950. The van der Waals surface area contributed by atoms with Crippen molar-refractivity contribution >= 4 is 5.91 Å². The van der Waals surface area contributed by atoms with Gasteiger partial charge in [0, 0.05) is 18.7 Å². The van der Waals surface area contributed by atoms with Gasteiger partial charge < -0.3 is 10.4 Å². The molecule has 0 bridgehead atoms. The molecule has 1 aromatic carbocycles. The number of likely N-dealkylation sites (N-methyl/N-ethyl adjacent to an activating group) is 1. The van der Waals surface area contributed by atoms with E-state index in [9.17, 15) is 4.79 Å². The van der Waals surface area contributed by atoms with Crippen molar-refractivity contribution in [3.63, 3.8) is 0 Å². The smallest absolute Gasteiger partial charge is 0.234 e. The molecular weight excluding hydrogens is 252 g/mol. The van der Waals surface area contributed by atoms with Gasteiger partial charge in [-0.15, -0.1) is 0 Å². The molecule has 0 fully saturated rings. The molecule has 0 heterocycles. The first-order valence-electron chi connectivity index (χ1n) is 6.79. The largest absolute Gasteiger partial charge is 0.384 e. The topological polar surface area (TPSA) is 52.6 Å². The minimum Gasteiger partial charge on any atom is -0.384 e. The van der Waals surface area contributed by atoms with Gasteiger partial charge in [0.25, 0.3) is 0 Å². The summed E-state index contributed by atoms with van der Waals surface area (Å²) in [5.41, 5.74) is 2.01. The predicted octanol–water partition coefficient (Wildman–Crippen LogP) is 0.988. The van der Waals surface area contributed by atoms with Gasteiger partial charge in [0.05, 0.1) is 6.54 Å². The van der Waals surface area contributed by atoms with Gasteiger partial charge in [0.2, 0.25) is 5.91 Å². The van der Waals surface area contributed by atoms with Gasteiger partial charge >= 0.3 is 0 Å². The fraction of sp³-hybridized carbons (Fsp3) is 0.438. The molecule has 2 N–H and O–H groups in total. The van der Waals surface area contributed by atoms with Crippen LogP contribution >= 0.6 is 0 Å². The van der Waals surface area contributed by atoms with Gasteiger partial charge in [-0.05, 0) is 31.2 Å². The van der Waals surface area contributed by atoms with Crippen molar-refractivity contribution < 1.29 is 9.90 Å². The molecule has 0 atom stereocenters. The maximum Gasteiger partial charge on any atom is 0.234 e. The average Bonchev–Trinajstić information content (AvgIpc) is 2.44. The van der Waals surface area contributed by atoms with Gasteiger partial charge in [-0.1, -0.05) is 30.9 Å². The highest BCUT2D eigenvalue weighted by molar-refractivity contribution is 5.77. The SMILES string of the molecule is CCCNC(=O)CN(C)Cc1ccc(C#CCO)cc1. The van der Waals surface area contributed by atoms with E-state index in [1.54, 1.807) is 0 Å². The zero-order valence-electron chi connectivity index (χ0n) is 12.1. The van der Waals surface area contributed by atoms with Crippen LogP contribution in [-0.2, 0) is 11.3 Å². The van der Waals surface area contributed by atoms with E-state index in [2.05, 4.69) is 17.2 Å². The monoisotopic (exact) mass is 274 g/mol. The molecule has 0 saturated heterocycles. The highest BCUT2D eigenvalue weighted by atomic mass is 16.2. The van der Waals surface area contributed by atoms with Crippen molar-refractivity contribution in [2.45, 2.75) is 19.9 Å². The maximum absolute atomic E-state index is 11.6. The lowest BCUT2D eigenvalue weighted by atomic mass is 10.1. The molecule has 4 heteroatoms. The van der Waals surface area contributed by atoms with Crippen molar-refractivity contribution in [3.8, 4) is 11.8 Å². The summed E-state index contributed by atoms with van der Waals surface area (Å²) in [5.74, 6) is 5.52. The molecule has 0 spiro atoms. The Balaban J connectivity index is 2.45. The van der Waals surface area contributed by atoms with E-state index in [-0.39, 0.29) is 12.5 Å². The first-order valence-corrected chi connectivity index (χ1v) is 6.79. The average molecular weight is 274 g/mol. The van der Waals surface area contributed by atoms with Crippen LogP contribution in [0.25, 0.3) is 0 Å². The quantitative estimate of drug-likeness (QED) is 0.761. The highest BCUT2D eigenvalue weighted by Crippen LogP contribution is 2.05. The van der Waals surface area contributed by atoms with Crippen molar-refractivity contribution in [2.75, 3.05) is 26.7 Å². The van der Waals surface area contributed by atoms with Crippen LogP contribution in [0.2, 0.25) is 0 Å².